The Balaban J connectivity index is 2.06. The molecule has 1 aromatic heterocycles. The molecule has 28 heavy (non-hydrogen) atoms. The molecule has 0 radical (unpaired) electrons. The van der Waals surface area contributed by atoms with Crippen LogP contribution in [0.4, 0.5) is 5.69 Å². The van der Waals surface area contributed by atoms with E-state index >= 15 is 0 Å². The van der Waals surface area contributed by atoms with E-state index in [9.17, 15) is 4.79 Å². The molecule has 142 valence electrons. The Bertz CT molecular complexity index is 1030. The summed E-state index contributed by atoms with van der Waals surface area (Å²) in [5.41, 5.74) is 4.21. The van der Waals surface area contributed by atoms with Gasteiger partial charge in [0.25, 0.3) is 0 Å². The second-order valence-electron chi connectivity index (χ2n) is 6.19. The van der Waals surface area contributed by atoms with E-state index in [0.29, 0.717) is 23.6 Å². The van der Waals surface area contributed by atoms with Crippen LogP contribution in [-0.2, 0) is 11.8 Å². The summed E-state index contributed by atoms with van der Waals surface area (Å²) < 4.78 is 12.6. The number of rotatable bonds is 6. The van der Waals surface area contributed by atoms with Crippen LogP contribution in [-0.4, -0.2) is 23.8 Å². The third-order valence-corrected chi connectivity index (χ3v) is 4.42. The minimum atomic E-state index is -0.430. The Morgan fingerprint density at radius 2 is 1.71 bits per heavy atom. The van der Waals surface area contributed by atoms with Gasteiger partial charge in [0.05, 0.1) is 19.8 Å². The average Bonchev–Trinajstić information content (AvgIpc) is 3.05. The van der Waals surface area contributed by atoms with Gasteiger partial charge in [-0.1, -0.05) is 42.5 Å². The predicted octanol–water partition coefficient (Wildman–Crippen LogP) is 5.49. The third-order valence-electron chi connectivity index (χ3n) is 4.42. The molecular formula is C23H22N2O3. The van der Waals surface area contributed by atoms with E-state index in [1.165, 1.54) is 0 Å². The lowest BCUT2D eigenvalue weighted by molar-refractivity contribution is 0.0516. The highest BCUT2D eigenvalue weighted by molar-refractivity contribution is 6.00. The summed E-state index contributed by atoms with van der Waals surface area (Å²) in [7, 11) is 1.75. The van der Waals surface area contributed by atoms with Crippen LogP contribution in [0.5, 0.6) is 5.75 Å². The van der Waals surface area contributed by atoms with Gasteiger partial charge in [0.1, 0.15) is 11.4 Å². The van der Waals surface area contributed by atoms with Crippen LogP contribution >= 0.6 is 0 Å². The lowest BCUT2D eigenvalue weighted by Crippen LogP contribution is -2.10. The molecule has 0 aliphatic rings. The van der Waals surface area contributed by atoms with Gasteiger partial charge in [-0.05, 0) is 31.0 Å². The van der Waals surface area contributed by atoms with Crippen molar-refractivity contribution in [3.05, 3.63) is 71.8 Å². The smallest absolute Gasteiger partial charge is 0.354 e. The Morgan fingerprint density at radius 3 is 2.36 bits per heavy atom. The van der Waals surface area contributed by atoms with Crippen LogP contribution in [0, 0.1) is 6.57 Å². The van der Waals surface area contributed by atoms with Crippen molar-refractivity contribution in [3.63, 3.8) is 0 Å². The molecule has 0 aliphatic heterocycles. The standard InChI is InChI=1S/C23H22N2O3/c1-5-27-20-10-8-7-9-18(20)16-11-13-17(14-12-16)21-19(24-3)15-25(4)22(21)23(26)28-6-2/h7-15H,5-6H2,1-2,4H3. The van der Waals surface area contributed by atoms with Crippen LogP contribution in [0.2, 0.25) is 0 Å². The molecule has 3 aromatic rings. The molecule has 2 aromatic carbocycles. The number of carbonyl (C=O) groups excluding carboxylic acids is 1. The fraction of sp³-hybridized carbons (Fsp3) is 0.217. The summed E-state index contributed by atoms with van der Waals surface area (Å²) in [5, 5.41) is 0. The first kappa shape index (κ1) is 19.2. The van der Waals surface area contributed by atoms with Crippen LogP contribution in [0.15, 0.2) is 54.7 Å². The molecule has 3 rings (SSSR count). The monoisotopic (exact) mass is 374 g/mol. The summed E-state index contributed by atoms with van der Waals surface area (Å²) in [6, 6.07) is 15.7. The van der Waals surface area contributed by atoms with Gasteiger partial charge in [-0.2, -0.15) is 0 Å². The SMILES string of the molecule is [C-]#[N+]c1cn(C)c(C(=O)OCC)c1-c1ccc(-c2ccccc2OCC)cc1. The van der Waals surface area contributed by atoms with E-state index in [0.717, 1.165) is 22.4 Å². The lowest BCUT2D eigenvalue weighted by atomic mass is 9.99. The maximum Gasteiger partial charge on any atom is 0.354 e. The highest BCUT2D eigenvalue weighted by atomic mass is 16.5. The minimum Gasteiger partial charge on any atom is -0.493 e. The van der Waals surface area contributed by atoms with Gasteiger partial charge >= 0.3 is 5.97 Å². The van der Waals surface area contributed by atoms with Gasteiger partial charge in [0, 0.05) is 24.4 Å². The summed E-state index contributed by atoms with van der Waals surface area (Å²) >= 11 is 0. The Labute approximate surface area is 165 Å². The van der Waals surface area contributed by atoms with Gasteiger partial charge in [-0.3, -0.25) is 0 Å². The van der Waals surface area contributed by atoms with E-state index in [1.807, 2.05) is 55.5 Å². The van der Waals surface area contributed by atoms with E-state index in [4.69, 9.17) is 16.0 Å². The van der Waals surface area contributed by atoms with E-state index in [2.05, 4.69) is 4.85 Å². The Morgan fingerprint density at radius 1 is 1.04 bits per heavy atom. The van der Waals surface area contributed by atoms with Crippen molar-refractivity contribution in [1.82, 2.24) is 4.57 Å². The van der Waals surface area contributed by atoms with Crippen molar-refractivity contribution in [2.75, 3.05) is 13.2 Å². The number of nitrogens with zero attached hydrogens (tertiary/aromatic N) is 2. The summed E-state index contributed by atoms with van der Waals surface area (Å²) in [5.74, 6) is 0.396. The molecule has 0 spiro atoms. The molecule has 5 heteroatoms. The van der Waals surface area contributed by atoms with Crippen LogP contribution in [0.3, 0.4) is 0 Å². The molecule has 0 aliphatic carbocycles. The zero-order valence-electron chi connectivity index (χ0n) is 16.2. The number of hydrogen-bond donors (Lipinski definition) is 0. The first-order chi connectivity index (χ1) is 13.6. The normalized spacial score (nSPS) is 10.4. The highest BCUT2D eigenvalue weighted by Crippen LogP contribution is 2.37. The van der Waals surface area contributed by atoms with Crippen molar-refractivity contribution in [1.29, 1.82) is 0 Å². The molecule has 5 nitrogen and oxygen atoms in total. The van der Waals surface area contributed by atoms with Gasteiger partial charge in [-0.15, -0.1) is 0 Å². The highest BCUT2D eigenvalue weighted by Gasteiger charge is 2.22. The second kappa shape index (κ2) is 8.45. The maximum absolute atomic E-state index is 12.4. The molecule has 0 unspecified atom stereocenters. The molecule has 0 saturated heterocycles. The van der Waals surface area contributed by atoms with Crippen molar-refractivity contribution in [3.8, 4) is 28.0 Å². The first-order valence-corrected chi connectivity index (χ1v) is 9.17. The average molecular weight is 374 g/mol. The first-order valence-electron chi connectivity index (χ1n) is 9.17. The summed E-state index contributed by atoms with van der Waals surface area (Å²) in [4.78, 5) is 16.0. The fourth-order valence-electron chi connectivity index (χ4n) is 3.23. The number of aryl methyl sites for hydroxylation is 1. The predicted molar refractivity (Wildman–Crippen MR) is 110 cm³/mol. The molecule has 0 N–H and O–H groups in total. The molecule has 0 fully saturated rings. The molecule has 0 amide bonds. The van der Waals surface area contributed by atoms with E-state index in [1.54, 1.807) is 24.7 Å². The molecule has 1 heterocycles. The quantitative estimate of drug-likeness (QED) is 0.424. The van der Waals surface area contributed by atoms with Gasteiger partial charge in [-0.25, -0.2) is 9.64 Å². The Hall–Kier alpha value is -3.52. The number of benzene rings is 2. The number of ether oxygens (including phenoxy) is 2. The molecule has 0 bridgehead atoms. The van der Waals surface area contributed by atoms with Gasteiger partial charge in [0.2, 0.25) is 5.69 Å². The van der Waals surface area contributed by atoms with Crippen LogP contribution < -0.4 is 4.74 Å². The van der Waals surface area contributed by atoms with E-state index in [-0.39, 0.29) is 6.61 Å². The number of carbonyl (C=O) groups is 1. The van der Waals surface area contributed by atoms with Crippen molar-refractivity contribution >= 4 is 11.7 Å². The van der Waals surface area contributed by atoms with Gasteiger partial charge < -0.3 is 14.0 Å². The van der Waals surface area contributed by atoms with Crippen molar-refractivity contribution < 1.29 is 14.3 Å². The topological polar surface area (TPSA) is 44.8 Å². The molecular weight excluding hydrogens is 352 g/mol. The fourth-order valence-corrected chi connectivity index (χ4v) is 3.23. The summed E-state index contributed by atoms with van der Waals surface area (Å²) in [6.07, 6.45) is 1.66. The zero-order valence-corrected chi connectivity index (χ0v) is 16.2. The molecule has 0 atom stereocenters. The zero-order chi connectivity index (χ0) is 20.1. The Kier molecular flexibility index (Phi) is 5.81. The minimum absolute atomic E-state index is 0.282. The number of para-hydroxylation sites is 1. The van der Waals surface area contributed by atoms with Crippen LogP contribution in [0.1, 0.15) is 24.3 Å². The third kappa shape index (κ3) is 3.63. The van der Waals surface area contributed by atoms with Crippen LogP contribution in [0.25, 0.3) is 27.1 Å². The summed E-state index contributed by atoms with van der Waals surface area (Å²) in [6.45, 7) is 12.1. The number of aromatic nitrogens is 1. The number of hydrogen-bond acceptors (Lipinski definition) is 3. The number of esters is 1. The lowest BCUT2D eigenvalue weighted by Gasteiger charge is -2.12. The largest absolute Gasteiger partial charge is 0.493 e. The van der Waals surface area contributed by atoms with Gasteiger partial charge in [0.15, 0.2) is 0 Å². The van der Waals surface area contributed by atoms with Crippen molar-refractivity contribution in [2.45, 2.75) is 13.8 Å². The second-order valence-corrected chi connectivity index (χ2v) is 6.19. The maximum atomic E-state index is 12.4. The molecule has 0 saturated carbocycles. The van der Waals surface area contributed by atoms with E-state index < -0.39 is 5.97 Å². The van der Waals surface area contributed by atoms with Crippen molar-refractivity contribution in [2.24, 2.45) is 7.05 Å².